The number of hydrogen-bond donors (Lipinski definition) is 1. The molecule has 3 heteroatoms. The van der Waals surface area contributed by atoms with E-state index in [1.54, 1.807) is 0 Å². The molecule has 2 fully saturated rings. The molecule has 2 rings (SSSR count). The molecular formula is C11H20O3. The summed E-state index contributed by atoms with van der Waals surface area (Å²) >= 11 is 0. The average molecular weight is 200 g/mol. The van der Waals surface area contributed by atoms with Crippen LogP contribution in [0.2, 0.25) is 0 Å². The van der Waals surface area contributed by atoms with Crippen molar-refractivity contribution in [1.82, 2.24) is 0 Å². The Morgan fingerprint density at radius 2 is 2.07 bits per heavy atom. The van der Waals surface area contributed by atoms with Gasteiger partial charge in [-0.05, 0) is 32.1 Å². The lowest BCUT2D eigenvalue weighted by Crippen LogP contribution is -2.38. The maximum atomic E-state index is 9.05. The lowest BCUT2D eigenvalue weighted by atomic mass is 9.90. The van der Waals surface area contributed by atoms with Crippen LogP contribution in [-0.2, 0) is 9.47 Å². The van der Waals surface area contributed by atoms with Crippen molar-refractivity contribution in [1.29, 1.82) is 0 Å². The quantitative estimate of drug-likeness (QED) is 0.731. The first kappa shape index (κ1) is 10.4. The summed E-state index contributed by atoms with van der Waals surface area (Å²) in [6.45, 7) is 1.93. The second-order valence-electron chi connectivity index (χ2n) is 4.39. The highest BCUT2D eigenvalue weighted by Crippen LogP contribution is 2.28. The zero-order valence-corrected chi connectivity index (χ0v) is 8.65. The smallest absolute Gasteiger partial charge is 0.0809 e. The molecule has 1 N–H and O–H groups in total. The maximum absolute atomic E-state index is 9.05. The van der Waals surface area contributed by atoms with Crippen LogP contribution in [0.5, 0.6) is 0 Å². The van der Waals surface area contributed by atoms with E-state index in [1.807, 2.05) is 0 Å². The fourth-order valence-electron chi connectivity index (χ4n) is 2.47. The highest BCUT2D eigenvalue weighted by Gasteiger charge is 2.29. The highest BCUT2D eigenvalue weighted by atomic mass is 16.5. The number of aliphatic hydroxyl groups is 1. The highest BCUT2D eigenvalue weighted by molar-refractivity contribution is 4.78. The zero-order chi connectivity index (χ0) is 9.80. The third kappa shape index (κ3) is 2.47. The first-order valence-electron chi connectivity index (χ1n) is 5.74. The Balaban J connectivity index is 1.83. The molecule has 0 bridgehead atoms. The van der Waals surface area contributed by atoms with Crippen molar-refractivity contribution in [3.8, 4) is 0 Å². The van der Waals surface area contributed by atoms with Gasteiger partial charge < -0.3 is 14.6 Å². The molecule has 0 spiro atoms. The van der Waals surface area contributed by atoms with E-state index >= 15 is 0 Å². The number of ether oxygens (including phenoxy) is 2. The molecule has 3 unspecified atom stereocenters. The van der Waals surface area contributed by atoms with Gasteiger partial charge in [0.15, 0.2) is 0 Å². The molecular weight excluding hydrogens is 180 g/mol. The minimum absolute atomic E-state index is 0.0793. The van der Waals surface area contributed by atoms with Gasteiger partial charge in [0, 0.05) is 12.5 Å². The Kier molecular flexibility index (Phi) is 3.79. The van der Waals surface area contributed by atoms with E-state index in [1.165, 1.54) is 12.8 Å². The van der Waals surface area contributed by atoms with Gasteiger partial charge in [-0.3, -0.25) is 0 Å². The monoisotopic (exact) mass is 200 g/mol. The lowest BCUT2D eigenvalue weighted by molar-refractivity contribution is -0.118. The molecule has 2 saturated heterocycles. The van der Waals surface area contributed by atoms with Gasteiger partial charge in [-0.15, -0.1) is 0 Å². The molecule has 0 aromatic carbocycles. The zero-order valence-electron chi connectivity index (χ0n) is 8.65. The molecule has 3 nitrogen and oxygen atoms in total. The van der Waals surface area contributed by atoms with Gasteiger partial charge in [0.25, 0.3) is 0 Å². The van der Waals surface area contributed by atoms with Crippen molar-refractivity contribution in [3.63, 3.8) is 0 Å². The Bertz CT molecular complexity index is 166. The number of hydrogen-bond acceptors (Lipinski definition) is 3. The summed E-state index contributed by atoms with van der Waals surface area (Å²) in [7, 11) is 0. The van der Waals surface area contributed by atoms with Crippen molar-refractivity contribution in [2.24, 2.45) is 5.92 Å². The van der Waals surface area contributed by atoms with Crippen LogP contribution in [-0.4, -0.2) is 37.1 Å². The predicted molar refractivity (Wildman–Crippen MR) is 53.1 cm³/mol. The van der Waals surface area contributed by atoms with Gasteiger partial charge in [0.05, 0.1) is 25.4 Å². The van der Waals surface area contributed by atoms with Crippen LogP contribution in [0.25, 0.3) is 0 Å². The molecule has 0 aliphatic carbocycles. The average Bonchev–Trinajstić information content (AvgIpc) is 2.30. The van der Waals surface area contributed by atoms with Gasteiger partial charge >= 0.3 is 0 Å². The van der Waals surface area contributed by atoms with Gasteiger partial charge in [0.2, 0.25) is 0 Å². The van der Waals surface area contributed by atoms with E-state index < -0.39 is 0 Å². The molecule has 2 aliphatic heterocycles. The SMILES string of the molecule is OCC1CCCC(C2CCCOC2)O1. The van der Waals surface area contributed by atoms with Crippen LogP contribution in [0.4, 0.5) is 0 Å². The van der Waals surface area contributed by atoms with E-state index in [2.05, 4.69) is 0 Å². The van der Waals surface area contributed by atoms with Crippen LogP contribution < -0.4 is 0 Å². The van der Waals surface area contributed by atoms with Crippen molar-refractivity contribution in [2.45, 2.75) is 44.3 Å². The Morgan fingerprint density at radius 1 is 1.14 bits per heavy atom. The number of rotatable bonds is 2. The minimum Gasteiger partial charge on any atom is -0.394 e. The summed E-state index contributed by atoms with van der Waals surface area (Å²) in [5.74, 6) is 0.568. The van der Waals surface area contributed by atoms with Crippen LogP contribution >= 0.6 is 0 Å². The fraction of sp³-hybridized carbons (Fsp3) is 1.00. The molecule has 0 amide bonds. The van der Waals surface area contributed by atoms with Crippen LogP contribution in [0, 0.1) is 5.92 Å². The molecule has 0 saturated carbocycles. The molecule has 2 aliphatic rings. The second-order valence-corrected chi connectivity index (χ2v) is 4.39. The molecule has 82 valence electrons. The van der Waals surface area contributed by atoms with E-state index in [-0.39, 0.29) is 12.7 Å². The summed E-state index contributed by atoms with van der Waals surface area (Å²) in [6, 6.07) is 0. The molecule has 3 atom stereocenters. The Labute approximate surface area is 85.4 Å². The van der Waals surface area contributed by atoms with Crippen LogP contribution in [0.1, 0.15) is 32.1 Å². The summed E-state index contributed by atoms with van der Waals surface area (Å²) in [4.78, 5) is 0. The fourth-order valence-corrected chi connectivity index (χ4v) is 2.47. The van der Waals surface area contributed by atoms with Crippen molar-refractivity contribution < 1.29 is 14.6 Å². The van der Waals surface area contributed by atoms with Gasteiger partial charge in [-0.2, -0.15) is 0 Å². The van der Waals surface area contributed by atoms with E-state index in [0.717, 1.165) is 32.5 Å². The largest absolute Gasteiger partial charge is 0.394 e. The first-order chi connectivity index (χ1) is 6.90. The first-order valence-corrected chi connectivity index (χ1v) is 5.74. The van der Waals surface area contributed by atoms with Gasteiger partial charge in [-0.25, -0.2) is 0 Å². The molecule has 2 heterocycles. The topological polar surface area (TPSA) is 38.7 Å². The molecule has 14 heavy (non-hydrogen) atoms. The van der Waals surface area contributed by atoms with Crippen molar-refractivity contribution in [2.75, 3.05) is 19.8 Å². The van der Waals surface area contributed by atoms with Crippen molar-refractivity contribution in [3.05, 3.63) is 0 Å². The Morgan fingerprint density at radius 3 is 2.79 bits per heavy atom. The number of aliphatic hydroxyl groups excluding tert-OH is 1. The van der Waals surface area contributed by atoms with E-state index in [9.17, 15) is 0 Å². The Hall–Kier alpha value is -0.120. The molecule has 0 aromatic heterocycles. The standard InChI is InChI=1S/C11H20O3/c12-7-10-4-1-5-11(14-10)9-3-2-6-13-8-9/h9-12H,1-8H2. The normalized spacial score (nSPS) is 39.6. The summed E-state index contributed by atoms with van der Waals surface area (Å²) in [5.41, 5.74) is 0. The summed E-state index contributed by atoms with van der Waals surface area (Å²) in [5, 5.41) is 9.05. The summed E-state index contributed by atoms with van der Waals surface area (Å²) in [6.07, 6.45) is 6.14. The summed E-state index contributed by atoms with van der Waals surface area (Å²) < 4.78 is 11.3. The minimum atomic E-state index is 0.0793. The molecule has 0 aromatic rings. The van der Waals surface area contributed by atoms with Crippen LogP contribution in [0.3, 0.4) is 0 Å². The predicted octanol–water partition coefficient (Wildman–Crippen LogP) is 1.34. The van der Waals surface area contributed by atoms with Crippen LogP contribution in [0.15, 0.2) is 0 Å². The van der Waals surface area contributed by atoms with Crippen molar-refractivity contribution >= 4 is 0 Å². The lowest BCUT2D eigenvalue weighted by Gasteiger charge is -2.36. The van der Waals surface area contributed by atoms with Gasteiger partial charge in [-0.1, -0.05) is 0 Å². The van der Waals surface area contributed by atoms with Gasteiger partial charge in [0.1, 0.15) is 0 Å². The molecule has 0 radical (unpaired) electrons. The third-order valence-corrected chi connectivity index (χ3v) is 3.31. The van der Waals surface area contributed by atoms with E-state index in [0.29, 0.717) is 12.0 Å². The second kappa shape index (κ2) is 5.10. The van der Waals surface area contributed by atoms with E-state index in [4.69, 9.17) is 14.6 Å². The maximum Gasteiger partial charge on any atom is 0.0809 e. The third-order valence-electron chi connectivity index (χ3n) is 3.31.